The van der Waals surface area contributed by atoms with E-state index in [1.54, 1.807) is 0 Å². The fourth-order valence-electron chi connectivity index (χ4n) is 8.35. The monoisotopic (exact) mass is 726 g/mol. The van der Waals surface area contributed by atoms with Crippen molar-refractivity contribution in [3.05, 3.63) is 206 Å². The van der Waals surface area contributed by atoms with Crippen LogP contribution in [0.15, 0.2) is 206 Å². The van der Waals surface area contributed by atoms with Gasteiger partial charge in [0.15, 0.2) is 5.82 Å². The van der Waals surface area contributed by atoms with Crippen molar-refractivity contribution in [3.63, 3.8) is 0 Å². The van der Waals surface area contributed by atoms with Crippen LogP contribution in [0.25, 0.3) is 105 Å². The van der Waals surface area contributed by atoms with Crippen LogP contribution in [0.1, 0.15) is 0 Å². The normalized spacial score (nSPS) is 11.5. The van der Waals surface area contributed by atoms with Gasteiger partial charge >= 0.3 is 0 Å². The Kier molecular flexibility index (Phi) is 7.78. The number of benzene rings is 8. The number of rotatable bonds is 6. The van der Waals surface area contributed by atoms with Crippen LogP contribution in [-0.4, -0.2) is 19.5 Å². The molecule has 0 unspecified atom stereocenters. The summed E-state index contributed by atoms with van der Waals surface area (Å²) in [5.74, 6) is 0.685. The summed E-state index contributed by atoms with van der Waals surface area (Å²) in [7, 11) is 0. The first-order valence-corrected chi connectivity index (χ1v) is 19.3. The van der Waals surface area contributed by atoms with E-state index < -0.39 is 0 Å². The van der Waals surface area contributed by atoms with Crippen LogP contribution in [0.5, 0.6) is 0 Å². The van der Waals surface area contributed by atoms with Crippen molar-refractivity contribution in [3.8, 4) is 62.0 Å². The molecule has 0 fully saturated rings. The van der Waals surface area contributed by atoms with Gasteiger partial charge in [-0.15, -0.1) is 0 Å². The maximum absolute atomic E-state index is 5.39. The molecule has 57 heavy (non-hydrogen) atoms. The third kappa shape index (κ3) is 5.66. The average molecular weight is 727 g/mol. The van der Waals surface area contributed by atoms with Gasteiger partial charge in [0.25, 0.3) is 0 Å². The van der Waals surface area contributed by atoms with Gasteiger partial charge in [-0.3, -0.25) is 0 Å². The zero-order chi connectivity index (χ0) is 37.7. The first-order chi connectivity index (χ1) is 28.3. The zero-order valence-electron chi connectivity index (χ0n) is 30.9. The molecule has 0 spiro atoms. The molecule has 0 aliphatic rings. The number of para-hydroxylation sites is 3. The van der Waals surface area contributed by atoms with Crippen molar-refractivity contribution >= 4 is 43.5 Å². The van der Waals surface area contributed by atoms with Crippen molar-refractivity contribution in [1.82, 2.24) is 19.5 Å². The molecule has 4 nitrogen and oxygen atoms in total. The molecule has 3 heterocycles. The molecular weight excluding hydrogens is 693 g/mol. The fourth-order valence-corrected chi connectivity index (χ4v) is 8.35. The molecule has 0 saturated carbocycles. The maximum Gasteiger partial charge on any atom is 0.160 e. The van der Waals surface area contributed by atoms with Gasteiger partial charge in [0, 0.05) is 54.9 Å². The van der Waals surface area contributed by atoms with Gasteiger partial charge in [0.1, 0.15) is 0 Å². The molecule has 11 aromatic rings. The topological polar surface area (TPSA) is 43.6 Å². The summed E-state index contributed by atoms with van der Waals surface area (Å²) in [6, 6.07) is 72.5. The van der Waals surface area contributed by atoms with Crippen molar-refractivity contribution < 1.29 is 0 Å². The largest absolute Gasteiger partial charge is 0.309 e. The molecule has 11 rings (SSSR count). The molecule has 0 amide bonds. The highest BCUT2D eigenvalue weighted by molar-refractivity contribution is 6.29. The van der Waals surface area contributed by atoms with Crippen LogP contribution in [0.4, 0.5) is 0 Å². The fraction of sp³-hybridized carbons (Fsp3) is 0. The van der Waals surface area contributed by atoms with Gasteiger partial charge in [-0.2, -0.15) is 0 Å². The van der Waals surface area contributed by atoms with Gasteiger partial charge < -0.3 is 4.57 Å². The van der Waals surface area contributed by atoms with Crippen LogP contribution in [0.2, 0.25) is 0 Å². The molecule has 0 radical (unpaired) electrons. The summed E-state index contributed by atoms with van der Waals surface area (Å²) in [6.07, 6.45) is 0. The van der Waals surface area contributed by atoms with E-state index in [9.17, 15) is 0 Å². The summed E-state index contributed by atoms with van der Waals surface area (Å²) < 4.78 is 2.38. The molecule has 0 aliphatic heterocycles. The Labute approximate surface area is 330 Å². The lowest BCUT2D eigenvalue weighted by molar-refractivity contribution is 1.18. The van der Waals surface area contributed by atoms with E-state index in [1.807, 2.05) is 24.3 Å². The highest BCUT2D eigenvalue weighted by Crippen LogP contribution is 2.43. The summed E-state index contributed by atoms with van der Waals surface area (Å²) in [4.78, 5) is 15.7. The molecule has 0 saturated heterocycles. The lowest BCUT2D eigenvalue weighted by Gasteiger charge is -2.14. The Morgan fingerprint density at radius 2 is 0.877 bits per heavy atom. The first kappa shape index (κ1) is 32.7. The Bertz CT molecular complexity index is 3280. The molecule has 3 aromatic heterocycles. The van der Waals surface area contributed by atoms with Crippen molar-refractivity contribution in [1.29, 1.82) is 0 Å². The molecule has 0 bridgehead atoms. The Hall–Kier alpha value is -7.69. The third-order valence-corrected chi connectivity index (χ3v) is 11.0. The maximum atomic E-state index is 5.39. The van der Waals surface area contributed by atoms with Crippen LogP contribution in [0.3, 0.4) is 0 Å². The van der Waals surface area contributed by atoms with Gasteiger partial charge in [-0.05, 0) is 59.7 Å². The van der Waals surface area contributed by atoms with E-state index in [2.05, 4.69) is 187 Å². The molecule has 0 aliphatic carbocycles. The Morgan fingerprint density at radius 1 is 0.316 bits per heavy atom. The summed E-state index contributed by atoms with van der Waals surface area (Å²) in [5, 5.41) is 5.91. The molecule has 0 atom stereocenters. The van der Waals surface area contributed by atoms with Gasteiger partial charge in [0.2, 0.25) is 0 Å². The predicted molar refractivity (Wildman–Crippen MR) is 236 cm³/mol. The van der Waals surface area contributed by atoms with Crippen LogP contribution in [0, 0.1) is 0 Å². The average Bonchev–Trinajstić information content (AvgIpc) is 3.64. The summed E-state index contributed by atoms with van der Waals surface area (Å²) >= 11 is 0. The van der Waals surface area contributed by atoms with E-state index in [-0.39, 0.29) is 0 Å². The minimum atomic E-state index is 0.685. The minimum Gasteiger partial charge on any atom is -0.309 e. The Morgan fingerprint density at radius 3 is 1.61 bits per heavy atom. The molecule has 8 aromatic carbocycles. The summed E-state index contributed by atoms with van der Waals surface area (Å²) in [6.45, 7) is 0. The molecular formula is C53H34N4. The van der Waals surface area contributed by atoms with Crippen molar-refractivity contribution in [2.24, 2.45) is 0 Å². The standard InChI is InChI=1S/C53H34N4/c1-4-16-35(17-5-1)37-20-14-21-38(32-37)46-34-47(56-53(55-46)36-18-6-2-7-19-36)39-22-15-23-40(33-39)52-44-30-31-49-51(50(44)42-26-10-12-28-45(42)54-52)43-27-11-13-29-48(43)57(49)41-24-8-3-9-25-41/h1-34H. The molecule has 4 heteroatoms. The second-order valence-corrected chi connectivity index (χ2v) is 14.4. The quantitative estimate of drug-likeness (QED) is 0.160. The number of fused-ring (bicyclic) bond motifs is 7. The highest BCUT2D eigenvalue weighted by atomic mass is 15.0. The van der Waals surface area contributed by atoms with Crippen LogP contribution >= 0.6 is 0 Å². The van der Waals surface area contributed by atoms with E-state index in [0.29, 0.717) is 5.82 Å². The van der Waals surface area contributed by atoms with E-state index in [1.165, 1.54) is 32.8 Å². The van der Waals surface area contributed by atoms with E-state index in [4.69, 9.17) is 15.0 Å². The van der Waals surface area contributed by atoms with Gasteiger partial charge in [0.05, 0.1) is 33.6 Å². The number of nitrogens with zero attached hydrogens (tertiary/aromatic N) is 4. The second-order valence-electron chi connectivity index (χ2n) is 14.4. The van der Waals surface area contributed by atoms with E-state index >= 15 is 0 Å². The SMILES string of the molecule is c1ccc(-c2cccc(-c3cc(-c4cccc(-c5nc6ccccc6c6c5ccc5c6c6ccccc6n5-c5ccccc5)c4)nc(-c4ccccc4)n3)c2)cc1. The number of aromatic nitrogens is 4. The number of hydrogen-bond donors (Lipinski definition) is 0. The van der Waals surface area contributed by atoms with Crippen LogP contribution in [-0.2, 0) is 0 Å². The zero-order valence-corrected chi connectivity index (χ0v) is 30.9. The second kappa shape index (κ2) is 13.6. The number of hydrogen-bond acceptors (Lipinski definition) is 3. The molecule has 0 N–H and O–H groups in total. The molecule has 266 valence electrons. The summed E-state index contributed by atoms with van der Waals surface area (Å²) in [5.41, 5.74) is 13.5. The van der Waals surface area contributed by atoms with E-state index in [0.717, 1.165) is 66.9 Å². The smallest absolute Gasteiger partial charge is 0.160 e. The lowest BCUT2D eigenvalue weighted by Crippen LogP contribution is -1.97. The van der Waals surface area contributed by atoms with Crippen LogP contribution < -0.4 is 0 Å². The minimum absolute atomic E-state index is 0.685. The Balaban J connectivity index is 1.12. The van der Waals surface area contributed by atoms with Crippen molar-refractivity contribution in [2.45, 2.75) is 0 Å². The predicted octanol–water partition coefficient (Wildman–Crippen LogP) is 13.6. The van der Waals surface area contributed by atoms with Gasteiger partial charge in [-0.25, -0.2) is 15.0 Å². The first-order valence-electron chi connectivity index (χ1n) is 19.3. The lowest BCUT2D eigenvalue weighted by atomic mass is 9.95. The highest BCUT2D eigenvalue weighted by Gasteiger charge is 2.20. The third-order valence-electron chi connectivity index (χ3n) is 11.0. The number of pyridine rings is 1. The van der Waals surface area contributed by atoms with Gasteiger partial charge in [-0.1, -0.05) is 158 Å². The van der Waals surface area contributed by atoms with Crippen molar-refractivity contribution in [2.75, 3.05) is 0 Å².